The highest BCUT2D eigenvalue weighted by Crippen LogP contribution is 2.27. The Morgan fingerprint density at radius 1 is 1.31 bits per heavy atom. The quantitative estimate of drug-likeness (QED) is 0.734. The summed E-state index contributed by atoms with van der Waals surface area (Å²) in [6, 6.07) is 5.31. The zero-order chi connectivity index (χ0) is 9.84. The van der Waals surface area contributed by atoms with Crippen LogP contribution in [0.15, 0.2) is 12.1 Å². The molecular formula is C10H9Cl2N. The smallest absolute Gasteiger partial charge is 0.0992 e. The van der Waals surface area contributed by atoms with Crippen LogP contribution in [0.4, 0.5) is 0 Å². The van der Waals surface area contributed by atoms with Gasteiger partial charge < -0.3 is 0 Å². The lowest BCUT2D eigenvalue weighted by Crippen LogP contribution is -1.88. The molecule has 0 saturated carbocycles. The van der Waals surface area contributed by atoms with Gasteiger partial charge >= 0.3 is 0 Å². The molecule has 0 aromatic heterocycles. The molecule has 1 nitrogen and oxygen atoms in total. The summed E-state index contributed by atoms with van der Waals surface area (Å²) in [7, 11) is 0. The largest absolute Gasteiger partial charge is 0.192 e. The summed E-state index contributed by atoms with van der Waals surface area (Å²) in [4.78, 5) is 0. The van der Waals surface area contributed by atoms with Gasteiger partial charge in [-0.2, -0.15) is 5.26 Å². The van der Waals surface area contributed by atoms with E-state index in [1.54, 1.807) is 12.1 Å². The maximum Gasteiger partial charge on any atom is 0.0992 e. The highest BCUT2D eigenvalue weighted by atomic mass is 35.5. The minimum atomic E-state index is 0.509. The van der Waals surface area contributed by atoms with Crippen LogP contribution >= 0.6 is 23.2 Å². The topological polar surface area (TPSA) is 23.8 Å². The first-order valence-electron chi connectivity index (χ1n) is 4.07. The summed E-state index contributed by atoms with van der Waals surface area (Å²) in [5, 5.41) is 9.82. The minimum absolute atomic E-state index is 0.509. The van der Waals surface area contributed by atoms with Crippen molar-refractivity contribution in [2.75, 3.05) is 0 Å². The van der Waals surface area contributed by atoms with E-state index >= 15 is 0 Å². The Morgan fingerprint density at radius 2 is 1.85 bits per heavy atom. The summed E-state index contributed by atoms with van der Waals surface area (Å²) in [5.41, 5.74) is 1.44. The van der Waals surface area contributed by atoms with E-state index in [0.29, 0.717) is 15.6 Å². The molecule has 0 fully saturated rings. The molecular weight excluding hydrogens is 205 g/mol. The van der Waals surface area contributed by atoms with Crippen LogP contribution in [0.25, 0.3) is 0 Å². The van der Waals surface area contributed by atoms with Crippen molar-refractivity contribution in [2.45, 2.75) is 19.8 Å². The number of hydrogen-bond donors (Lipinski definition) is 0. The third-order valence-corrected chi connectivity index (χ3v) is 2.44. The van der Waals surface area contributed by atoms with E-state index in [1.165, 1.54) is 0 Å². The zero-order valence-corrected chi connectivity index (χ0v) is 8.78. The predicted molar refractivity (Wildman–Crippen MR) is 55.2 cm³/mol. The van der Waals surface area contributed by atoms with Crippen molar-refractivity contribution in [3.63, 3.8) is 0 Å². The molecule has 0 spiro atoms. The highest BCUT2D eigenvalue weighted by Gasteiger charge is 2.06. The molecule has 0 aliphatic rings. The molecule has 0 unspecified atom stereocenters. The summed E-state index contributed by atoms with van der Waals surface area (Å²) in [5.74, 6) is 0. The SMILES string of the molecule is CCCc1c(Cl)cc(C#N)cc1Cl. The lowest BCUT2D eigenvalue weighted by atomic mass is 10.1. The van der Waals surface area contributed by atoms with Crippen molar-refractivity contribution < 1.29 is 0 Å². The molecule has 0 heterocycles. The highest BCUT2D eigenvalue weighted by molar-refractivity contribution is 6.36. The van der Waals surface area contributed by atoms with Crippen LogP contribution in [0.5, 0.6) is 0 Å². The van der Waals surface area contributed by atoms with Crippen molar-refractivity contribution in [1.82, 2.24) is 0 Å². The van der Waals surface area contributed by atoms with Gasteiger partial charge in [-0.25, -0.2) is 0 Å². The fraction of sp³-hybridized carbons (Fsp3) is 0.300. The fourth-order valence-corrected chi connectivity index (χ4v) is 1.83. The molecule has 0 bridgehead atoms. The van der Waals surface area contributed by atoms with E-state index in [0.717, 1.165) is 18.4 Å². The fourth-order valence-electron chi connectivity index (χ4n) is 1.16. The molecule has 0 atom stereocenters. The molecule has 0 amide bonds. The van der Waals surface area contributed by atoms with Gasteiger partial charge in [-0.1, -0.05) is 36.5 Å². The van der Waals surface area contributed by atoms with Gasteiger partial charge in [0.2, 0.25) is 0 Å². The Labute approximate surface area is 87.9 Å². The van der Waals surface area contributed by atoms with Gasteiger partial charge in [0.15, 0.2) is 0 Å². The number of hydrogen-bond acceptors (Lipinski definition) is 1. The lowest BCUT2D eigenvalue weighted by molar-refractivity contribution is 0.922. The zero-order valence-electron chi connectivity index (χ0n) is 7.27. The average Bonchev–Trinajstić information content (AvgIpc) is 2.11. The molecule has 0 saturated heterocycles. The molecule has 3 heteroatoms. The Balaban J connectivity index is 3.17. The molecule has 0 N–H and O–H groups in total. The van der Waals surface area contributed by atoms with Crippen molar-refractivity contribution in [2.24, 2.45) is 0 Å². The van der Waals surface area contributed by atoms with Gasteiger partial charge in [0.05, 0.1) is 11.6 Å². The number of halogens is 2. The first kappa shape index (κ1) is 10.4. The molecule has 1 aromatic carbocycles. The maximum absolute atomic E-state index is 8.64. The normalized spacial score (nSPS) is 9.69. The molecule has 0 aliphatic carbocycles. The van der Waals surface area contributed by atoms with Crippen LogP contribution in [-0.2, 0) is 6.42 Å². The van der Waals surface area contributed by atoms with E-state index in [4.69, 9.17) is 28.5 Å². The number of benzene rings is 1. The molecule has 13 heavy (non-hydrogen) atoms. The molecule has 68 valence electrons. The molecule has 0 radical (unpaired) electrons. The van der Waals surface area contributed by atoms with E-state index < -0.39 is 0 Å². The number of nitrogens with zero attached hydrogens (tertiary/aromatic N) is 1. The number of nitriles is 1. The average molecular weight is 214 g/mol. The second kappa shape index (κ2) is 4.50. The second-order valence-corrected chi connectivity index (χ2v) is 3.59. The van der Waals surface area contributed by atoms with Crippen LogP contribution < -0.4 is 0 Å². The van der Waals surface area contributed by atoms with E-state index in [9.17, 15) is 0 Å². The first-order valence-corrected chi connectivity index (χ1v) is 4.82. The summed E-state index contributed by atoms with van der Waals surface area (Å²) in [6.07, 6.45) is 1.84. The van der Waals surface area contributed by atoms with Gasteiger partial charge in [-0.05, 0) is 24.1 Å². The molecule has 1 rings (SSSR count). The van der Waals surface area contributed by atoms with Crippen LogP contribution in [0.2, 0.25) is 10.0 Å². The Bertz CT molecular complexity index is 329. The predicted octanol–water partition coefficient (Wildman–Crippen LogP) is 3.82. The monoisotopic (exact) mass is 213 g/mol. The summed E-state index contributed by atoms with van der Waals surface area (Å²) < 4.78 is 0. The van der Waals surface area contributed by atoms with Gasteiger partial charge in [0.25, 0.3) is 0 Å². The van der Waals surface area contributed by atoms with Crippen LogP contribution in [0.3, 0.4) is 0 Å². The third-order valence-electron chi connectivity index (χ3n) is 1.77. The Hall–Kier alpha value is -0.710. The minimum Gasteiger partial charge on any atom is -0.192 e. The Kier molecular flexibility index (Phi) is 3.59. The van der Waals surface area contributed by atoms with Gasteiger partial charge in [0, 0.05) is 10.0 Å². The van der Waals surface area contributed by atoms with Gasteiger partial charge in [0.1, 0.15) is 0 Å². The number of rotatable bonds is 2. The summed E-state index contributed by atoms with van der Waals surface area (Å²) in [6.45, 7) is 2.06. The van der Waals surface area contributed by atoms with Crippen LogP contribution in [0.1, 0.15) is 24.5 Å². The third kappa shape index (κ3) is 2.37. The van der Waals surface area contributed by atoms with Crippen molar-refractivity contribution in [3.8, 4) is 6.07 Å². The van der Waals surface area contributed by atoms with Crippen molar-refractivity contribution in [1.29, 1.82) is 5.26 Å². The summed E-state index contributed by atoms with van der Waals surface area (Å²) >= 11 is 11.9. The molecule has 1 aromatic rings. The van der Waals surface area contributed by atoms with Crippen molar-refractivity contribution in [3.05, 3.63) is 33.3 Å². The van der Waals surface area contributed by atoms with Crippen LogP contribution in [-0.4, -0.2) is 0 Å². The van der Waals surface area contributed by atoms with Crippen LogP contribution in [0, 0.1) is 11.3 Å². The van der Waals surface area contributed by atoms with Gasteiger partial charge in [-0.15, -0.1) is 0 Å². The maximum atomic E-state index is 8.64. The van der Waals surface area contributed by atoms with E-state index in [1.807, 2.05) is 6.07 Å². The first-order chi connectivity index (χ1) is 6.19. The Morgan fingerprint density at radius 3 is 2.23 bits per heavy atom. The standard InChI is InChI=1S/C10H9Cl2N/c1-2-3-8-9(11)4-7(6-13)5-10(8)12/h4-5H,2-3H2,1H3. The van der Waals surface area contributed by atoms with Gasteiger partial charge in [-0.3, -0.25) is 0 Å². The van der Waals surface area contributed by atoms with Crippen molar-refractivity contribution >= 4 is 23.2 Å². The van der Waals surface area contributed by atoms with E-state index in [-0.39, 0.29) is 0 Å². The lowest BCUT2D eigenvalue weighted by Gasteiger charge is -2.05. The van der Waals surface area contributed by atoms with E-state index in [2.05, 4.69) is 6.92 Å². The second-order valence-electron chi connectivity index (χ2n) is 2.78. The molecule has 0 aliphatic heterocycles.